The lowest BCUT2D eigenvalue weighted by Gasteiger charge is -2.10. The summed E-state index contributed by atoms with van der Waals surface area (Å²) in [5.74, 6) is 0.746. The maximum Gasteiger partial charge on any atom is 0.230 e. The number of rotatable bonds is 4. The molecule has 2 rings (SSSR count). The number of aliphatic hydroxyl groups is 1. The number of nitrogens with two attached hydrogens (primary N) is 1. The largest absolute Gasteiger partial charge is 0.438 e. The zero-order valence-corrected chi connectivity index (χ0v) is 10.6. The SMILES string of the molecule is Cc1ccc(C(=N)N)c(Oc2cccc(CO)c2)n1. The lowest BCUT2D eigenvalue weighted by Crippen LogP contribution is -2.13. The second-order valence-corrected chi connectivity index (χ2v) is 4.13. The minimum absolute atomic E-state index is 0.0575. The smallest absolute Gasteiger partial charge is 0.230 e. The van der Waals surface area contributed by atoms with Gasteiger partial charge < -0.3 is 15.6 Å². The Balaban J connectivity index is 2.36. The minimum Gasteiger partial charge on any atom is -0.438 e. The Morgan fingerprint density at radius 2 is 2.16 bits per heavy atom. The average Bonchev–Trinajstić information content (AvgIpc) is 2.38. The molecular weight excluding hydrogens is 242 g/mol. The molecule has 1 aromatic heterocycles. The number of aryl methyl sites for hydroxylation is 1. The third-order valence-corrected chi connectivity index (χ3v) is 2.59. The maximum absolute atomic E-state index is 9.09. The van der Waals surface area contributed by atoms with E-state index in [0.29, 0.717) is 17.2 Å². The first-order chi connectivity index (χ1) is 9.10. The molecule has 1 heterocycles. The van der Waals surface area contributed by atoms with Gasteiger partial charge in [-0.25, -0.2) is 4.98 Å². The molecule has 5 heteroatoms. The fraction of sp³-hybridized carbons (Fsp3) is 0.143. The molecule has 2 aromatic rings. The monoisotopic (exact) mass is 257 g/mol. The van der Waals surface area contributed by atoms with E-state index in [1.165, 1.54) is 0 Å². The van der Waals surface area contributed by atoms with E-state index in [0.717, 1.165) is 11.3 Å². The van der Waals surface area contributed by atoms with Crippen LogP contribution in [0.1, 0.15) is 16.8 Å². The van der Waals surface area contributed by atoms with Crippen LogP contribution >= 0.6 is 0 Å². The molecule has 0 atom stereocenters. The highest BCUT2D eigenvalue weighted by molar-refractivity contribution is 5.97. The molecule has 0 radical (unpaired) electrons. The quantitative estimate of drug-likeness (QED) is 0.576. The van der Waals surface area contributed by atoms with Gasteiger partial charge in [-0.05, 0) is 36.8 Å². The Hall–Kier alpha value is -2.40. The van der Waals surface area contributed by atoms with E-state index in [4.69, 9.17) is 21.0 Å². The number of nitrogen functional groups attached to an aromatic ring is 1. The summed E-state index contributed by atoms with van der Waals surface area (Å²) in [5.41, 5.74) is 7.46. The molecule has 0 saturated heterocycles. The van der Waals surface area contributed by atoms with Gasteiger partial charge in [-0.15, -0.1) is 0 Å². The van der Waals surface area contributed by atoms with Crippen LogP contribution in [0, 0.1) is 12.3 Å². The van der Waals surface area contributed by atoms with E-state index in [9.17, 15) is 0 Å². The van der Waals surface area contributed by atoms with Gasteiger partial charge in [-0.1, -0.05) is 12.1 Å². The first-order valence-electron chi connectivity index (χ1n) is 5.80. The van der Waals surface area contributed by atoms with E-state index < -0.39 is 0 Å². The van der Waals surface area contributed by atoms with Gasteiger partial charge in [-0.3, -0.25) is 5.41 Å². The Labute approximate surface area is 111 Å². The van der Waals surface area contributed by atoms with Crippen molar-refractivity contribution in [2.75, 3.05) is 0 Å². The second-order valence-electron chi connectivity index (χ2n) is 4.13. The van der Waals surface area contributed by atoms with Crippen molar-refractivity contribution in [1.82, 2.24) is 4.98 Å². The molecule has 0 amide bonds. The molecule has 1 aromatic carbocycles. The molecular formula is C14H15N3O2. The summed E-state index contributed by atoms with van der Waals surface area (Å²) in [4.78, 5) is 4.24. The van der Waals surface area contributed by atoms with Gasteiger partial charge in [0, 0.05) is 5.69 Å². The first-order valence-corrected chi connectivity index (χ1v) is 5.80. The van der Waals surface area contributed by atoms with E-state index >= 15 is 0 Å². The highest BCUT2D eigenvalue weighted by atomic mass is 16.5. The molecule has 0 aliphatic rings. The Morgan fingerprint density at radius 1 is 1.37 bits per heavy atom. The minimum atomic E-state index is -0.0965. The van der Waals surface area contributed by atoms with Crippen molar-refractivity contribution in [3.05, 3.63) is 53.2 Å². The standard InChI is InChI=1S/C14H15N3O2/c1-9-5-6-12(13(15)16)14(17-9)19-11-4-2-3-10(7-11)8-18/h2-7,18H,8H2,1H3,(H3,15,16). The molecule has 0 fully saturated rings. The molecule has 4 N–H and O–H groups in total. The van der Waals surface area contributed by atoms with Crippen LogP contribution in [0.4, 0.5) is 0 Å². The summed E-state index contributed by atoms with van der Waals surface area (Å²) in [6.45, 7) is 1.78. The van der Waals surface area contributed by atoms with Crippen LogP contribution in [-0.2, 0) is 6.61 Å². The number of hydrogen-bond acceptors (Lipinski definition) is 4. The van der Waals surface area contributed by atoms with Crippen molar-refractivity contribution in [3.63, 3.8) is 0 Å². The molecule has 0 saturated carbocycles. The van der Waals surface area contributed by atoms with Crippen molar-refractivity contribution < 1.29 is 9.84 Å². The van der Waals surface area contributed by atoms with Gasteiger partial charge in [0.25, 0.3) is 0 Å². The molecule has 0 unspecified atom stereocenters. The lowest BCUT2D eigenvalue weighted by atomic mass is 10.2. The number of nitrogens with one attached hydrogen (secondary N) is 1. The molecule has 98 valence electrons. The van der Waals surface area contributed by atoms with Crippen molar-refractivity contribution in [2.45, 2.75) is 13.5 Å². The highest BCUT2D eigenvalue weighted by Gasteiger charge is 2.10. The van der Waals surface area contributed by atoms with Crippen LogP contribution in [0.15, 0.2) is 36.4 Å². The van der Waals surface area contributed by atoms with Crippen LogP contribution in [0.2, 0.25) is 0 Å². The maximum atomic E-state index is 9.09. The number of aliphatic hydroxyl groups excluding tert-OH is 1. The number of hydrogen-bond donors (Lipinski definition) is 3. The number of ether oxygens (including phenoxy) is 1. The zero-order chi connectivity index (χ0) is 13.8. The van der Waals surface area contributed by atoms with Crippen molar-refractivity contribution in [3.8, 4) is 11.6 Å². The van der Waals surface area contributed by atoms with Gasteiger partial charge in [0.2, 0.25) is 5.88 Å². The molecule has 0 aliphatic heterocycles. The van der Waals surface area contributed by atoms with Crippen LogP contribution in [0.5, 0.6) is 11.6 Å². The topological polar surface area (TPSA) is 92.2 Å². The summed E-state index contributed by atoms with van der Waals surface area (Å²) in [7, 11) is 0. The second kappa shape index (κ2) is 5.49. The van der Waals surface area contributed by atoms with Gasteiger partial charge >= 0.3 is 0 Å². The molecule has 0 bridgehead atoms. The summed E-state index contributed by atoms with van der Waals surface area (Å²) < 4.78 is 5.65. The van der Waals surface area contributed by atoms with E-state index in [2.05, 4.69) is 4.98 Å². The molecule has 5 nitrogen and oxygen atoms in total. The van der Waals surface area contributed by atoms with Gasteiger partial charge in [0.1, 0.15) is 11.6 Å². The van der Waals surface area contributed by atoms with Crippen LogP contribution in [0.25, 0.3) is 0 Å². The Kier molecular flexibility index (Phi) is 3.77. The van der Waals surface area contributed by atoms with E-state index in [1.54, 1.807) is 36.4 Å². The highest BCUT2D eigenvalue weighted by Crippen LogP contribution is 2.24. The molecule has 0 spiro atoms. The van der Waals surface area contributed by atoms with Gasteiger partial charge in [0.15, 0.2) is 0 Å². The molecule has 19 heavy (non-hydrogen) atoms. The zero-order valence-electron chi connectivity index (χ0n) is 10.6. The number of pyridine rings is 1. The van der Waals surface area contributed by atoms with Crippen molar-refractivity contribution in [2.24, 2.45) is 5.73 Å². The average molecular weight is 257 g/mol. The third kappa shape index (κ3) is 3.08. The van der Waals surface area contributed by atoms with Crippen LogP contribution in [-0.4, -0.2) is 15.9 Å². The lowest BCUT2D eigenvalue weighted by molar-refractivity contribution is 0.281. The fourth-order valence-corrected chi connectivity index (χ4v) is 1.63. The van der Waals surface area contributed by atoms with Crippen molar-refractivity contribution >= 4 is 5.84 Å². The first kappa shape index (κ1) is 13.0. The van der Waals surface area contributed by atoms with Crippen LogP contribution in [0.3, 0.4) is 0 Å². The Bertz CT molecular complexity index is 611. The normalized spacial score (nSPS) is 10.2. The summed E-state index contributed by atoms with van der Waals surface area (Å²) >= 11 is 0. The fourth-order valence-electron chi connectivity index (χ4n) is 1.63. The summed E-state index contributed by atoms with van der Waals surface area (Å²) in [6, 6.07) is 10.5. The van der Waals surface area contributed by atoms with Crippen LogP contribution < -0.4 is 10.5 Å². The number of aromatic nitrogens is 1. The Morgan fingerprint density at radius 3 is 2.84 bits per heavy atom. The number of amidine groups is 1. The number of benzene rings is 1. The predicted octanol–water partition coefficient (Wildman–Crippen LogP) is 1.96. The van der Waals surface area contributed by atoms with Gasteiger partial charge in [-0.2, -0.15) is 0 Å². The molecule has 0 aliphatic carbocycles. The predicted molar refractivity (Wildman–Crippen MR) is 72.4 cm³/mol. The summed E-state index contributed by atoms with van der Waals surface area (Å²) in [5, 5.41) is 16.6. The van der Waals surface area contributed by atoms with Crippen molar-refractivity contribution in [1.29, 1.82) is 5.41 Å². The summed E-state index contributed by atoms with van der Waals surface area (Å²) in [6.07, 6.45) is 0. The van der Waals surface area contributed by atoms with E-state index in [-0.39, 0.29) is 12.4 Å². The van der Waals surface area contributed by atoms with E-state index in [1.807, 2.05) is 6.92 Å². The third-order valence-electron chi connectivity index (χ3n) is 2.59. The number of nitrogens with zero attached hydrogens (tertiary/aromatic N) is 1. The van der Waals surface area contributed by atoms with Gasteiger partial charge in [0.05, 0.1) is 12.2 Å².